The largest absolute Gasteiger partial charge is 0.478 e. The maximum atomic E-state index is 11.0. The Morgan fingerprint density at radius 1 is 1.56 bits per heavy atom. The van der Waals surface area contributed by atoms with Crippen LogP contribution in [0, 0.1) is 5.92 Å². The van der Waals surface area contributed by atoms with E-state index in [1.54, 1.807) is 18.3 Å². The van der Waals surface area contributed by atoms with E-state index in [4.69, 9.17) is 5.11 Å². The van der Waals surface area contributed by atoms with Crippen molar-refractivity contribution in [1.29, 1.82) is 0 Å². The number of nitrogens with zero attached hydrogens (tertiary/aromatic N) is 2. The summed E-state index contributed by atoms with van der Waals surface area (Å²) < 4.78 is 0. The molecule has 0 aromatic carbocycles. The maximum Gasteiger partial charge on any atom is 0.339 e. The van der Waals surface area contributed by atoms with Gasteiger partial charge in [-0.25, -0.2) is 9.78 Å². The zero-order valence-electron chi connectivity index (χ0n) is 9.97. The number of anilines is 1. The van der Waals surface area contributed by atoms with Gasteiger partial charge in [0.2, 0.25) is 0 Å². The Kier molecular flexibility index (Phi) is 4.28. The summed E-state index contributed by atoms with van der Waals surface area (Å²) in [6.07, 6.45) is 2.64. The Morgan fingerprint density at radius 2 is 2.25 bits per heavy atom. The van der Waals surface area contributed by atoms with Crippen LogP contribution < -0.4 is 4.90 Å². The average Bonchev–Trinajstić information content (AvgIpc) is 2.25. The fraction of sp³-hybridized carbons (Fsp3) is 0.500. The van der Waals surface area contributed by atoms with E-state index >= 15 is 0 Å². The number of hydrogen-bond donors (Lipinski definition) is 1. The predicted octanol–water partition coefficient (Wildman–Crippen LogP) is 2.26. The number of rotatable bonds is 5. The molecule has 0 unspecified atom stereocenters. The van der Waals surface area contributed by atoms with Crippen LogP contribution in [0.3, 0.4) is 0 Å². The molecule has 0 bridgehead atoms. The van der Waals surface area contributed by atoms with E-state index in [1.807, 2.05) is 11.9 Å². The molecule has 0 aliphatic heterocycles. The molecule has 0 saturated heterocycles. The monoisotopic (exact) mass is 222 g/mol. The second-order valence-corrected chi connectivity index (χ2v) is 4.28. The molecule has 0 radical (unpaired) electrons. The summed E-state index contributed by atoms with van der Waals surface area (Å²) in [5.41, 5.74) is 0.258. The van der Waals surface area contributed by atoms with Crippen molar-refractivity contribution in [2.24, 2.45) is 5.92 Å². The Balaban J connectivity index is 2.82. The number of carboxylic acids is 1. The van der Waals surface area contributed by atoms with Gasteiger partial charge in [-0.1, -0.05) is 13.8 Å². The normalized spacial score (nSPS) is 10.5. The van der Waals surface area contributed by atoms with Crippen molar-refractivity contribution >= 4 is 11.8 Å². The van der Waals surface area contributed by atoms with Gasteiger partial charge in [-0.2, -0.15) is 0 Å². The molecule has 1 aromatic heterocycles. The van der Waals surface area contributed by atoms with Crippen LogP contribution in [0.4, 0.5) is 5.82 Å². The second kappa shape index (κ2) is 5.49. The van der Waals surface area contributed by atoms with Gasteiger partial charge >= 0.3 is 5.97 Å². The van der Waals surface area contributed by atoms with Gasteiger partial charge in [0, 0.05) is 19.8 Å². The molecule has 0 saturated carbocycles. The summed E-state index contributed by atoms with van der Waals surface area (Å²) in [6.45, 7) is 5.10. The molecular weight excluding hydrogens is 204 g/mol. The van der Waals surface area contributed by atoms with Crippen LogP contribution in [-0.4, -0.2) is 29.7 Å². The first kappa shape index (κ1) is 12.5. The summed E-state index contributed by atoms with van der Waals surface area (Å²) >= 11 is 0. The molecule has 4 nitrogen and oxygen atoms in total. The lowest BCUT2D eigenvalue weighted by molar-refractivity contribution is 0.0697. The molecule has 0 atom stereocenters. The van der Waals surface area contributed by atoms with E-state index in [1.165, 1.54) is 0 Å². The first-order valence-electron chi connectivity index (χ1n) is 5.41. The van der Waals surface area contributed by atoms with Gasteiger partial charge in [-0.05, 0) is 24.5 Å². The third-order valence-corrected chi connectivity index (χ3v) is 2.42. The van der Waals surface area contributed by atoms with Crippen LogP contribution in [0.2, 0.25) is 0 Å². The average molecular weight is 222 g/mol. The van der Waals surface area contributed by atoms with Crippen molar-refractivity contribution in [2.45, 2.75) is 20.3 Å². The minimum absolute atomic E-state index is 0.258. The van der Waals surface area contributed by atoms with Crippen molar-refractivity contribution in [3.8, 4) is 0 Å². The first-order valence-corrected chi connectivity index (χ1v) is 5.41. The standard InChI is InChI=1S/C12H18N2O2/c1-9(2)6-8-14(3)11-10(12(15)16)5-4-7-13-11/h4-5,7,9H,6,8H2,1-3H3,(H,15,16). The van der Waals surface area contributed by atoms with Crippen molar-refractivity contribution in [2.75, 3.05) is 18.5 Å². The van der Waals surface area contributed by atoms with Gasteiger partial charge in [-0.3, -0.25) is 0 Å². The van der Waals surface area contributed by atoms with E-state index in [2.05, 4.69) is 18.8 Å². The molecule has 0 amide bonds. The Hall–Kier alpha value is -1.58. The summed E-state index contributed by atoms with van der Waals surface area (Å²) in [5, 5.41) is 9.03. The summed E-state index contributed by atoms with van der Waals surface area (Å²) in [7, 11) is 1.87. The van der Waals surface area contributed by atoms with Crippen molar-refractivity contribution in [1.82, 2.24) is 4.98 Å². The van der Waals surface area contributed by atoms with E-state index < -0.39 is 5.97 Å². The smallest absolute Gasteiger partial charge is 0.339 e. The second-order valence-electron chi connectivity index (χ2n) is 4.28. The first-order chi connectivity index (χ1) is 7.52. The molecule has 0 spiro atoms. The Labute approximate surface area is 95.9 Å². The van der Waals surface area contributed by atoms with Gasteiger partial charge in [-0.15, -0.1) is 0 Å². The lowest BCUT2D eigenvalue weighted by atomic mass is 10.1. The fourth-order valence-corrected chi connectivity index (χ4v) is 1.43. The number of carboxylic acid groups (broad SMARTS) is 1. The Bertz CT molecular complexity index is 364. The van der Waals surface area contributed by atoms with Crippen LogP contribution in [0.5, 0.6) is 0 Å². The summed E-state index contributed by atoms with van der Waals surface area (Å²) in [6, 6.07) is 3.22. The lowest BCUT2D eigenvalue weighted by Crippen LogP contribution is -2.23. The minimum Gasteiger partial charge on any atom is -0.478 e. The summed E-state index contributed by atoms with van der Waals surface area (Å²) in [5.74, 6) is 0.203. The molecule has 0 aliphatic rings. The molecule has 1 N–H and O–H groups in total. The van der Waals surface area contributed by atoms with Crippen LogP contribution in [-0.2, 0) is 0 Å². The highest BCUT2D eigenvalue weighted by molar-refractivity contribution is 5.93. The van der Waals surface area contributed by atoms with Crippen molar-refractivity contribution in [3.63, 3.8) is 0 Å². The van der Waals surface area contributed by atoms with E-state index in [0.717, 1.165) is 13.0 Å². The predicted molar refractivity (Wildman–Crippen MR) is 63.9 cm³/mol. The maximum absolute atomic E-state index is 11.0. The quantitative estimate of drug-likeness (QED) is 0.830. The van der Waals surface area contributed by atoms with Crippen LogP contribution in [0.25, 0.3) is 0 Å². The molecule has 88 valence electrons. The number of carbonyl (C=O) groups is 1. The number of hydrogen-bond acceptors (Lipinski definition) is 3. The highest BCUT2D eigenvalue weighted by Crippen LogP contribution is 2.16. The van der Waals surface area contributed by atoms with Crippen LogP contribution in [0.15, 0.2) is 18.3 Å². The zero-order chi connectivity index (χ0) is 12.1. The molecular formula is C12H18N2O2. The molecule has 0 aliphatic carbocycles. The van der Waals surface area contributed by atoms with Crippen LogP contribution >= 0.6 is 0 Å². The molecule has 16 heavy (non-hydrogen) atoms. The lowest BCUT2D eigenvalue weighted by Gasteiger charge is -2.20. The van der Waals surface area contributed by atoms with Gasteiger partial charge < -0.3 is 10.0 Å². The number of pyridine rings is 1. The third-order valence-electron chi connectivity index (χ3n) is 2.42. The summed E-state index contributed by atoms with van der Waals surface area (Å²) in [4.78, 5) is 17.0. The highest BCUT2D eigenvalue weighted by Gasteiger charge is 2.14. The van der Waals surface area contributed by atoms with Crippen LogP contribution in [0.1, 0.15) is 30.6 Å². The highest BCUT2D eigenvalue weighted by atomic mass is 16.4. The molecule has 4 heteroatoms. The molecule has 1 rings (SSSR count). The van der Waals surface area contributed by atoms with Crippen molar-refractivity contribution in [3.05, 3.63) is 23.9 Å². The van der Waals surface area contributed by atoms with Gasteiger partial charge in [0.1, 0.15) is 11.4 Å². The third kappa shape index (κ3) is 3.22. The van der Waals surface area contributed by atoms with Gasteiger partial charge in [0.25, 0.3) is 0 Å². The van der Waals surface area contributed by atoms with E-state index in [9.17, 15) is 4.79 Å². The fourth-order valence-electron chi connectivity index (χ4n) is 1.43. The van der Waals surface area contributed by atoms with Gasteiger partial charge in [0.05, 0.1) is 0 Å². The van der Waals surface area contributed by atoms with Gasteiger partial charge in [0.15, 0.2) is 0 Å². The van der Waals surface area contributed by atoms with E-state index in [0.29, 0.717) is 11.7 Å². The molecule has 1 aromatic rings. The zero-order valence-corrected chi connectivity index (χ0v) is 9.97. The Morgan fingerprint density at radius 3 is 2.81 bits per heavy atom. The topological polar surface area (TPSA) is 53.4 Å². The molecule has 0 fully saturated rings. The number of aromatic nitrogens is 1. The van der Waals surface area contributed by atoms with Crippen molar-refractivity contribution < 1.29 is 9.90 Å². The molecule has 1 heterocycles. The SMILES string of the molecule is CC(C)CCN(C)c1ncccc1C(=O)O. The minimum atomic E-state index is -0.931. The van der Waals surface area contributed by atoms with E-state index in [-0.39, 0.29) is 5.56 Å². The number of aromatic carboxylic acids is 1.